The molecule has 1 aliphatic heterocycles. The van der Waals surface area contributed by atoms with Crippen molar-refractivity contribution in [2.45, 2.75) is 25.9 Å². The number of nitrogens with one attached hydrogen (secondary N) is 1. The molecular formula is C13H19NO. The van der Waals surface area contributed by atoms with Crippen LogP contribution in [0.2, 0.25) is 0 Å². The fourth-order valence-electron chi connectivity index (χ4n) is 1.92. The molecule has 2 nitrogen and oxygen atoms in total. The molecule has 2 rings (SSSR count). The molecule has 1 aliphatic rings. The van der Waals surface area contributed by atoms with Gasteiger partial charge in [-0.05, 0) is 11.5 Å². The van der Waals surface area contributed by atoms with Crippen LogP contribution in [-0.2, 0) is 4.74 Å². The zero-order chi connectivity index (χ0) is 10.7. The highest BCUT2D eigenvalue weighted by Crippen LogP contribution is 2.22. The fourth-order valence-corrected chi connectivity index (χ4v) is 1.92. The summed E-state index contributed by atoms with van der Waals surface area (Å²) in [5, 5.41) is 3.64. The summed E-state index contributed by atoms with van der Waals surface area (Å²) in [4.78, 5) is 0. The molecule has 1 fully saturated rings. The summed E-state index contributed by atoms with van der Waals surface area (Å²) >= 11 is 0. The van der Waals surface area contributed by atoms with Gasteiger partial charge in [-0.25, -0.2) is 0 Å². The Hall–Kier alpha value is -0.860. The summed E-state index contributed by atoms with van der Waals surface area (Å²) in [7, 11) is 0. The zero-order valence-electron chi connectivity index (χ0n) is 9.44. The summed E-state index contributed by atoms with van der Waals surface area (Å²) in [5.74, 6) is 0.605. The normalized spacial score (nSPS) is 18.9. The van der Waals surface area contributed by atoms with Crippen molar-refractivity contribution >= 4 is 0 Å². The minimum atomic E-state index is 0.445. The maximum absolute atomic E-state index is 5.19. The van der Waals surface area contributed by atoms with Gasteiger partial charge in [0, 0.05) is 6.04 Å². The number of benzene rings is 1. The molecule has 1 aromatic rings. The van der Waals surface area contributed by atoms with Crippen molar-refractivity contribution in [2.24, 2.45) is 5.92 Å². The van der Waals surface area contributed by atoms with Gasteiger partial charge in [-0.2, -0.15) is 0 Å². The average molecular weight is 205 g/mol. The molecule has 0 saturated carbocycles. The Morgan fingerprint density at radius 3 is 2.33 bits per heavy atom. The van der Waals surface area contributed by atoms with Gasteiger partial charge in [-0.1, -0.05) is 44.2 Å². The lowest BCUT2D eigenvalue weighted by Gasteiger charge is -2.33. The van der Waals surface area contributed by atoms with E-state index in [1.165, 1.54) is 5.56 Å². The van der Waals surface area contributed by atoms with Gasteiger partial charge in [0.2, 0.25) is 0 Å². The Balaban J connectivity index is 2.05. The second-order valence-electron chi connectivity index (χ2n) is 4.53. The van der Waals surface area contributed by atoms with Crippen LogP contribution in [0.5, 0.6) is 0 Å². The summed E-state index contributed by atoms with van der Waals surface area (Å²) in [6, 6.07) is 11.6. The summed E-state index contributed by atoms with van der Waals surface area (Å²) < 4.78 is 5.19. The van der Waals surface area contributed by atoms with Crippen LogP contribution in [0.15, 0.2) is 30.3 Å². The van der Waals surface area contributed by atoms with Crippen LogP contribution in [0.4, 0.5) is 0 Å². The molecule has 1 aromatic carbocycles. The second kappa shape index (κ2) is 4.77. The predicted octanol–water partition coefficient (Wildman–Crippen LogP) is 2.37. The van der Waals surface area contributed by atoms with Gasteiger partial charge in [-0.3, -0.25) is 0 Å². The van der Waals surface area contributed by atoms with Gasteiger partial charge >= 0.3 is 0 Å². The predicted molar refractivity (Wildman–Crippen MR) is 61.8 cm³/mol. The van der Waals surface area contributed by atoms with Crippen molar-refractivity contribution < 1.29 is 4.74 Å². The van der Waals surface area contributed by atoms with Gasteiger partial charge in [0.1, 0.15) is 0 Å². The second-order valence-corrected chi connectivity index (χ2v) is 4.53. The standard InChI is InChI=1S/C13H19NO/c1-10(2)13(14-12-8-15-9-12)11-6-4-3-5-7-11/h3-7,10,12-14H,8-9H2,1-2H3. The SMILES string of the molecule is CC(C)C(NC1COC1)c1ccccc1. The number of hydrogen-bond acceptors (Lipinski definition) is 2. The van der Waals surface area contributed by atoms with Crippen LogP contribution >= 0.6 is 0 Å². The maximum atomic E-state index is 5.19. The van der Waals surface area contributed by atoms with Crippen molar-refractivity contribution in [3.63, 3.8) is 0 Å². The Morgan fingerprint density at radius 2 is 1.87 bits per heavy atom. The first-order valence-corrected chi connectivity index (χ1v) is 5.66. The molecule has 2 heteroatoms. The number of hydrogen-bond donors (Lipinski definition) is 1. The molecule has 0 aromatic heterocycles. The molecule has 0 amide bonds. The van der Waals surface area contributed by atoms with Crippen LogP contribution in [-0.4, -0.2) is 19.3 Å². The Labute approximate surface area is 91.6 Å². The van der Waals surface area contributed by atoms with E-state index < -0.39 is 0 Å². The Kier molecular flexibility index (Phi) is 3.39. The van der Waals surface area contributed by atoms with Crippen LogP contribution in [0.3, 0.4) is 0 Å². The Bertz CT molecular complexity index is 293. The lowest BCUT2D eigenvalue weighted by molar-refractivity contribution is -0.0126. The van der Waals surface area contributed by atoms with E-state index in [0.29, 0.717) is 18.0 Å². The molecule has 1 heterocycles. The smallest absolute Gasteiger partial charge is 0.0643 e. The third kappa shape index (κ3) is 2.58. The van der Waals surface area contributed by atoms with Crippen molar-refractivity contribution in [3.8, 4) is 0 Å². The van der Waals surface area contributed by atoms with Crippen molar-refractivity contribution in [1.82, 2.24) is 5.32 Å². The topological polar surface area (TPSA) is 21.3 Å². The van der Waals surface area contributed by atoms with Gasteiger partial charge in [0.15, 0.2) is 0 Å². The molecule has 1 atom stereocenters. The van der Waals surface area contributed by atoms with E-state index in [2.05, 4.69) is 49.5 Å². The molecular weight excluding hydrogens is 186 g/mol. The monoisotopic (exact) mass is 205 g/mol. The average Bonchev–Trinajstić information content (AvgIpc) is 2.17. The van der Waals surface area contributed by atoms with Crippen molar-refractivity contribution in [1.29, 1.82) is 0 Å². The van der Waals surface area contributed by atoms with E-state index in [1.54, 1.807) is 0 Å². The molecule has 0 radical (unpaired) electrons. The molecule has 0 bridgehead atoms. The highest BCUT2D eigenvalue weighted by molar-refractivity contribution is 5.19. The van der Waals surface area contributed by atoms with Crippen LogP contribution in [0, 0.1) is 5.92 Å². The molecule has 82 valence electrons. The minimum absolute atomic E-state index is 0.445. The summed E-state index contributed by atoms with van der Waals surface area (Å²) in [5.41, 5.74) is 1.37. The number of ether oxygens (including phenoxy) is 1. The van der Waals surface area contributed by atoms with Crippen LogP contribution in [0.25, 0.3) is 0 Å². The van der Waals surface area contributed by atoms with Crippen LogP contribution < -0.4 is 5.32 Å². The zero-order valence-corrected chi connectivity index (χ0v) is 9.44. The van der Waals surface area contributed by atoms with Gasteiger partial charge < -0.3 is 10.1 Å². The highest BCUT2D eigenvalue weighted by atomic mass is 16.5. The summed E-state index contributed by atoms with van der Waals surface area (Å²) in [6.07, 6.45) is 0. The summed E-state index contributed by atoms with van der Waals surface area (Å²) in [6.45, 7) is 6.22. The van der Waals surface area contributed by atoms with Crippen molar-refractivity contribution in [2.75, 3.05) is 13.2 Å². The lowest BCUT2D eigenvalue weighted by atomic mass is 9.95. The first kappa shape index (κ1) is 10.7. The fraction of sp³-hybridized carbons (Fsp3) is 0.538. The first-order valence-electron chi connectivity index (χ1n) is 5.66. The van der Waals surface area contributed by atoms with Crippen LogP contribution in [0.1, 0.15) is 25.5 Å². The molecule has 1 unspecified atom stereocenters. The van der Waals surface area contributed by atoms with E-state index in [1.807, 2.05) is 0 Å². The third-order valence-electron chi connectivity index (χ3n) is 2.88. The van der Waals surface area contributed by atoms with E-state index in [4.69, 9.17) is 4.74 Å². The molecule has 1 N–H and O–H groups in total. The molecule has 15 heavy (non-hydrogen) atoms. The van der Waals surface area contributed by atoms with Gasteiger partial charge in [0.25, 0.3) is 0 Å². The maximum Gasteiger partial charge on any atom is 0.0643 e. The van der Waals surface area contributed by atoms with Gasteiger partial charge in [0.05, 0.1) is 19.3 Å². The van der Waals surface area contributed by atoms with Crippen molar-refractivity contribution in [3.05, 3.63) is 35.9 Å². The largest absolute Gasteiger partial charge is 0.378 e. The highest BCUT2D eigenvalue weighted by Gasteiger charge is 2.24. The van der Waals surface area contributed by atoms with E-state index in [-0.39, 0.29) is 0 Å². The first-order chi connectivity index (χ1) is 7.27. The number of rotatable bonds is 4. The molecule has 0 aliphatic carbocycles. The quantitative estimate of drug-likeness (QED) is 0.814. The van der Waals surface area contributed by atoms with Gasteiger partial charge in [-0.15, -0.1) is 0 Å². The minimum Gasteiger partial charge on any atom is -0.378 e. The third-order valence-corrected chi connectivity index (χ3v) is 2.88. The molecule has 0 spiro atoms. The van der Waals surface area contributed by atoms with E-state index >= 15 is 0 Å². The van der Waals surface area contributed by atoms with E-state index in [0.717, 1.165) is 13.2 Å². The Morgan fingerprint density at radius 1 is 1.20 bits per heavy atom. The molecule has 1 saturated heterocycles. The lowest BCUT2D eigenvalue weighted by Crippen LogP contribution is -2.48. The van der Waals surface area contributed by atoms with E-state index in [9.17, 15) is 0 Å².